The molecule has 5 N–H and O–H groups in total. The third-order valence-electron chi connectivity index (χ3n) is 7.67. The fraction of sp³-hybridized carbons (Fsp3) is 0.857. The van der Waals surface area contributed by atoms with E-state index in [0.29, 0.717) is 19.3 Å². The van der Waals surface area contributed by atoms with Crippen LogP contribution < -0.4 is 0 Å². The van der Waals surface area contributed by atoms with Gasteiger partial charge in [0.05, 0.1) is 24.7 Å². The third-order valence-corrected chi connectivity index (χ3v) is 7.67. The second-order valence-electron chi connectivity index (χ2n) is 9.33. The van der Waals surface area contributed by atoms with Crippen molar-refractivity contribution < 1.29 is 44.5 Å². The van der Waals surface area contributed by atoms with Gasteiger partial charge < -0.3 is 39.7 Å². The Morgan fingerprint density at radius 1 is 1.20 bits per heavy atom. The van der Waals surface area contributed by atoms with Crippen molar-refractivity contribution in [2.75, 3.05) is 13.2 Å². The average molecular weight is 428 g/mol. The zero-order valence-electron chi connectivity index (χ0n) is 17.1. The molecule has 4 rings (SSSR count). The van der Waals surface area contributed by atoms with E-state index in [-0.39, 0.29) is 42.4 Å². The molecule has 0 unspecified atom stereocenters. The molecule has 4 aliphatic rings. The quantitative estimate of drug-likeness (QED) is 0.284. The predicted octanol–water partition coefficient (Wildman–Crippen LogP) is -0.912. The second kappa shape index (κ2) is 8.12. The summed E-state index contributed by atoms with van der Waals surface area (Å²) in [6, 6.07) is 0. The van der Waals surface area contributed by atoms with E-state index < -0.39 is 42.9 Å². The van der Waals surface area contributed by atoms with Crippen LogP contribution in [0.25, 0.3) is 0 Å². The number of aliphatic hydroxyl groups excluding tert-OH is 4. The number of aliphatic hydroxyl groups is 5. The SMILES string of the molecule is C=C1CC[C@@H]2[C@H]1[C@H]1OC(=O)[C@@H](C)[C@@H]1CC[C@@]2(O)CO[C@@H]1O[C@H](CO)[C@@H](O)[C@H](O)[C@H]1O. The van der Waals surface area contributed by atoms with E-state index in [9.17, 15) is 30.3 Å². The number of ether oxygens (including phenoxy) is 3. The fourth-order valence-corrected chi connectivity index (χ4v) is 5.79. The molecule has 0 bridgehead atoms. The molecule has 9 heteroatoms. The molecule has 0 aromatic rings. The first kappa shape index (κ1) is 22.1. The minimum atomic E-state index is -1.54. The number of rotatable bonds is 4. The average Bonchev–Trinajstić information content (AvgIpc) is 3.20. The van der Waals surface area contributed by atoms with Crippen LogP contribution in [0.15, 0.2) is 12.2 Å². The van der Waals surface area contributed by atoms with E-state index in [1.165, 1.54) is 0 Å². The van der Waals surface area contributed by atoms with Gasteiger partial charge in [-0.05, 0) is 25.7 Å². The highest BCUT2D eigenvalue weighted by Crippen LogP contribution is 2.54. The van der Waals surface area contributed by atoms with Gasteiger partial charge in [-0.2, -0.15) is 0 Å². The van der Waals surface area contributed by atoms with Gasteiger partial charge >= 0.3 is 5.97 Å². The summed E-state index contributed by atoms with van der Waals surface area (Å²) in [6.45, 7) is 5.31. The summed E-state index contributed by atoms with van der Waals surface area (Å²) >= 11 is 0. The normalized spacial score (nSPS) is 51.3. The number of carbonyl (C=O) groups is 1. The molecule has 2 saturated carbocycles. The summed E-state index contributed by atoms with van der Waals surface area (Å²) in [6.07, 6.45) is -4.80. The van der Waals surface area contributed by atoms with Gasteiger partial charge in [0.1, 0.15) is 30.5 Å². The molecule has 2 aliphatic heterocycles. The lowest BCUT2D eigenvalue weighted by Gasteiger charge is -2.42. The van der Waals surface area contributed by atoms with Gasteiger partial charge in [-0.15, -0.1) is 0 Å². The first-order chi connectivity index (χ1) is 14.2. The van der Waals surface area contributed by atoms with Crippen LogP contribution >= 0.6 is 0 Å². The van der Waals surface area contributed by atoms with Crippen molar-refractivity contribution in [3.63, 3.8) is 0 Å². The lowest BCUT2D eigenvalue weighted by Crippen LogP contribution is -2.60. The minimum absolute atomic E-state index is 0.00105. The summed E-state index contributed by atoms with van der Waals surface area (Å²) in [4.78, 5) is 12.1. The van der Waals surface area contributed by atoms with Crippen LogP contribution in [0.4, 0.5) is 0 Å². The summed E-state index contributed by atoms with van der Waals surface area (Å²) in [7, 11) is 0. The number of hydrogen-bond donors (Lipinski definition) is 5. The van der Waals surface area contributed by atoms with Gasteiger partial charge in [0, 0.05) is 17.8 Å². The van der Waals surface area contributed by atoms with Crippen LogP contribution in [0.2, 0.25) is 0 Å². The van der Waals surface area contributed by atoms with Gasteiger partial charge in [-0.3, -0.25) is 4.79 Å². The van der Waals surface area contributed by atoms with E-state index in [0.717, 1.165) is 12.0 Å². The van der Waals surface area contributed by atoms with Gasteiger partial charge in [0.25, 0.3) is 0 Å². The first-order valence-corrected chi connectivity index (χ1v) is 10.7. The topological polar surface area (TPSA) is 146 Å². The van der Waals surface area contributed by atoms with Crippen molar-refractivity contribution >= 4 is 5.97 Å². The molecule has 0 aromatic carbocycles. The molecule has 170 valence electrons. The molecule has 0 aromatic heterocycles. The zero-order chi connectivity index (χ0) is 21.8. The minimum Gasteiger partial charge on any atom is -0.461 e. The van der Waals surface area contributed by atoms with Crippen molar-refractivity contribution in [3.05, 3.63) is 12.2 Å². The summed E-state index contributed by atoms with van der Waals surface area (Å²) in [5.74, 6) is -0.817. The number of esters is 1. The molecule has 0 radical (unpaired) electrons. The van der Waals surface area contributed by atoms with Crippen LogP contribution in [0, 0.1) is 23.7 Å². The van der Waals surface area contributed by atoms with Crippen LogP contribution in [-0.2, 0) is 19.0 Å². The summed E-state index contributed by atoms with van der Waals surface area (Å²) < 4.78 is 16.8. The van der Waals surface area contributed by atoms with Gasteiger partial charge in [-0.1, -0.05) is 19.1 Å². The molecular weight excluding hydrogens is 396 g/mol. The van der Waals surface area contributed by atoms with Crippen molar-refractivity contribution in [2.45, 2.75) is 75.0 Å². The Balaban J connectivity index is 1.51. The highest BCUT2D eigenvalue weighted by atomic mass is 16.7. The molecule has 9 nitrogen and oxygen atoms in total. The maximum atomic E-state index is 12.1. The first-order valence-electron chi connectivity index (χ1n) is 10.7. The number of hydrogen-bond acceptors (Lipinski definition) is 9. The Kier molecular flexibility index (Phi) is 6.00. The Bertz CT molecular complexity index is 681. The standard InChI is InChI=1S/C21H32O9/c1-9-3-4-12-14(9)18-11(10(2)19(26)30-18)5-6-21(12,27)8-28-20-17(25)16(24)15(23)13(7-22)29-20/h10-18,20,22-25,27H,1,3-8H2,2H3/t10-,11-,12+,13+,14-,15+,16-,17+,18-,20+,21+/m0/s1. The van der Waals surface area contributed by atoms with E-state index in [1.807, 2.05) is 6.92 Å². The molecule has 2 heterocycles. The molecule has 4 fully saturated rings. The van der Waals surface area contributed by atoms with E-state index >= 15 is 0 Å². The van der Waals surface area contributed by atoms with E-state index in [4.69, 9.17) is 14.2 Å². The predicted molar refractivity (Wildman–Crippen MR) is 102 cm³/mol. The largest absolute Gasteiger partial charge is 0.461 e. The van der Waals surface area contributed by atoms with Crippen molar-refractivity contribution in [1.29, 1.82) is 0 Å². The van der Waals surface area contributed by atoms with Crippen molar-refractivity contribution in [3.8, 4) is 0 Å². The van der Waals surface area contributed by atoms with Gasteiger partial charge in [0.15, 0.2) is 6.29 Å². The second-order valence-corrected chi connectivity index (χ2v) is 9.33. The molecule has 11 atom stereocenters. The van der Waals surface area contributed by atoms with Gasteiger partial charge in [-0.25, -0.2) is 0 Å². The molecular formula is C21H32O9. The van der Waals surface area contributed by atoms with E-state index in [1.54, 1.807) is 0 Å². The zero-order valence-corrected chi connectivity index (χ0v) is 17.1. The molecule has 30 heavy (non-hydrogen) atoms. The maximum Gasteiger partial charge on any atom is 0.309 e. The monoisotopic (exact) mass is 428 g/mol. The lowest BCUT2D eigenvalue weighted by atomic mass is 9.77. The smallest absolute Gasteiger partial charge is 0.309 e. The van der Waals surface area contributed by atoms with Crippen LogP contribution in [0.3, 0.4) is 0 Å². The summed E-state index contributed by atoms with van der Waals surface area (Å²) in [5.41, 5.74) is -0.288. The lowest BCUT2D eigenvalue weighted by molar-refractivity contribution is -0.311. The Hall–Kier alpha value is -1.07. The molecule has 0 spiro atoms. The molecule has 2 aliphatic carbocycles. The Morgan fingerprint density at radius 3 is 2.63 bits per heavy atom. The number of fused-ring (bicyclic) bond motifs is 3. The highest BCUT2D eigenvalue weighted by molar-refractivity contribution is 5.75. The third kappa shape index (κ3) is 3.50. The van der Waals surface area contributed by atoms with Crippen molar-refractivity contribution in [2.24, 2.45) is 23.7 Å². The van der Waals surface area contributed by atoms with Crippen LogP contribution in [-0.4, -0.2) is 87.1 Å². The fourth-order valence-electron chi connectivity index (χ4n) is 5.79. The maximum absolute atomic E-state index is 12.1. The van der Waals surface area contributed by atoms with Crippen molar-refractivity contribution in [1.82, 2.24) is 0 Å². The van der Waals surface area contributed by atoms with Crippen LogP contribution in [0.1, 0.15) is 32.6 Å². The number of carbonyl (C=O) groups excluding carboxylic acids is 1. The Labute approximate surface area is 175 Å². The van der Waals surface area contributed by atoms with E-state index in [2.05, 4.69) is 6.58 Å². The van der Waals surface area contributed by atoms with Crippen LogP contribution in [0.5, 0.6) is 0 Å². The molecule has 2 saturated heterocycles. The summed E-state index contributed by atoms with van der Waals surface area (Å²) in [5, 5.41) is 51.1. The van der Waals surface area contributed by atoms with Gasteiger partial charge in [0.2, 0.25) is 0 Å². The highest BCUT2D eigenvalue weighted by Gasteiger charge is 2.58. The molecule has 0 amide bonds. The Morgan fingerprint density at radius 2 is 1.93 bits per heavy atom.